The van der Waals surface area contributed by atoms with Crippen molar-refractivity contribution in [1.82, 2.24) is 10.3 Å². The van der Waals surface area contributed by atoms with Gasteiger partial charge in [-0.15, -0.1) is 0 Å². The maximum absolute atomic E-state index is 15.0. The van der Waals surface area contributed by atoms with Gasteiger partial charge in [0.2, 0.25) is 0 Å². The highest BCUT2D eigenvalue weighted by atomic mass is 35.5. The van der Waals surface area contributed by atoms with Crippen LogP contribution in [0.15, 0.2) is 53.3 Å². The van der Waals surface area contributed by atoms with Crippen LogP contribution in [-0.4, -0.2) is 35.0 Å². The molecule has 3 unspecified atom stereocenters. The first-order chi connectivity index (χ1) is 13.4. The number of pyridine rings is 1. The smallest absolute Gasteiger partial charge is 0.252 e. The topological polar surface area (TPSA) is 65.1 Å². The van der Waals surface area contributed by atoms with E-state index in [1.165, 1.54) is 0 Å². The van der Waals surface area contributed by atoms with Gasteiger partial charge in [0.15, 0.2) is 0 Å². The normalized spacial score (nSPS) is 23.6. The van der Waals surface area contributed by atoms with Gasteiger partial charge in [0.05, 0.1) is 0 Å². The van der Waals surface area contributed by atoms with Crippen molar-refractivity contribution in [1.29, 1.82) is 0 Å². The standard InChI is InChI=1S/C21H19Cl2FN2O2/c22-14-3-1-12(2-4-14)19(21(28)7-8-25-11-18(21)24)16-10-13-9-15(23)5-6-17(13)26-20(16)27/h1-6,9-10,18-19,25,28H,7-8,11H2,(H,26,27). The third-order valence-corrected chi connectivity index (χ3v) is 5.90. The van der Waals surface area contributed by atoms with Gasteiger partial charge < -0.3 is 15.4 Å². The lowest BCUT2D eigenvalue weighted by molar-refractivity contribution is -0.0674. The summed E-state index contributed by atoms with van der Waals surface area (Å²) in [5.74, 6) is -0.853. The molecule has 0 amide bonds. The zero-order valence-electron chi connectivity index (χ0n) is 14.9. The van der Waals surface area contributed by atoms with Gasteiger partial charge in [0, 0.05) is 33.6 Å². The van der Waals surface area contributed by atoms with Gasteiger partial charge in [0.25, 0.3) is 5.56 Å². The van der Waals surface area contributed by atoms with Crippen LogP contribution < -0.4 is 10.9 Å². The van der Waals surface area contributed by atoms with E-state index >= 15 is 0 Å². The van der Waals surface area contributed by atoms with Gasteiger partial charge in [-0.25, -0.2) is 4.39 Å². The summed E-state index contributed by atoms with van der Waals surface area (Å²) in [5.41, 5.74) is -0.540. The number of aromatic amines is 1. The van der Waals surface area contributed by atoms with E-state index in [4.69, 9.17) is 23.2 Å². The van der Waals surface area contributed by atoms with Crippen LogP contribution in [0.3, 0.4) is 0 Å². The highest BCUT2D eigenvalue weighted by Gasteiger charge is 2.48. The molecule has 3 N–H and O–H groups in total. The number of fused-ring (bicyclic) bond motifs is 1. The molecule has 2 aromatic carbocycles. The molecular formula is C21H19Cl2FN2O2. The molecule has 2 heterocycles. The quantitative estimate of drug-likeness (QED) is 0.599. The first-order valence-electron chi connectivity index (χ1n) is 9.03. The van der Waals surface area contributed by atoms with Crippen LogP contribution in [0.1, 0.15) is 23.5 Å². The minimum Gasteiger partial charge on any atom is -0.386 e. The molecule has 3 aromatic rings. The molecule has 146 valence electrons. The lowest BCUT2D eigenvalue weighted by atomic mass is 9.72. The van der Waals surface area contributed by atoms with E-state index in [0.29, 0.717) is 38.6 Å². The number of H-pyrrole nitrogens is 1. The third kappa shape index (κ3) is 3.44. The second-order valence-electron chi connectivity index (χ2n) is 7.18. The summed E-state index contributed by atoms with van der Waals surface area (Å²) in [7, 11) is 0. The molecule has 1 aromatic heterocycles. The Kier molecular flexibility index (Phi) is 5.19. The van der Waals surface area contributed by atoms with Crippen molar-refractivity contribution >= 4 is 34.1 Å². The Morgan fingerprint density at radius 2 is 1.82 bits per heavy atom. The van der Waals surface area contributed by atoms with Crippen LogP contribution in [-0.2, 0) is 0 Å². The van der Waals surface area contributed by atoms with Gasteiger partial charge in [0.1, 0.15) is 11.8 Å². The number of aliphatic hydroxyl groups is 1. The van der Waals surface area contributed by atoms with E-state index in [0.717, 1.165) is 0 Å². The van der Waals surface area contributed by atoms with Crippen molar-refractivity contribution in [2.75, 3.05) is 13.1 Å². The number of aromatic nitrogens is 1. The summed E-state index contributed by atoms with van der Waals surface area (Å²) in [4.78, 5) is 15.8. The second kappa shape index (κ2) is 7.48. The van der Waals surface area contributed by atoms with E-state index in [9.17, 15) is 14.3 Å². The first kappa shape index (κ1) is 19.4. The molecule has 7 heteroatoms. The van der Waals surface area contributed by atoms with Crippen LogP contribution in [0.2, 0.25) is 10.0 Å². The number of rotatable bonds is 3. The SMILES string of the molecule is O=c1[nH]c2ccc(Cl)cc2cc1C(c1ccc(Cl)cc1)C1(O)CCNCC1F. The van der Waals surface area contributed by atoms with Gasteiger partial charge in [-0.2, -0.15) is 0 Å². The molecule has 0 aliphatic carbocycles. The Labute approximate surface area is 171 Å². The summed E-state index contributed by atoms with van der Waals surface area (Å²) in [5, 5.41) is 16.1. The lowest BCUT2D eigenvalue weighted by Gasteiger charge is -2.42. The summed E-state index contributed by atoms with van der Waals surface area (Å²) in [6.45, 7) is 0.482. The van der Waals surface area contributed by atoms with Crippen LogP contribution in [0, 0.1) is 0 Å². The van der Waals surface area contributed by atoms with E-state index in [2.05, 4.69) is 10.3 Å². The molecule has 1 fully saturated rings. The number of alkyl halides is 1. The fourth-order valence-corrected chi connectivity index (χ4v) is 4.28. The van der Waals surface area contributed by atoms with Gasteiger partial charge in [-0.3, -0.25) is 4.79 Å². The van der Waals surface area contributed by atoms with Crippen LogP contribution in [0.4, 0.5) is 4.39 Å². The van der Waals surface area contributed by atoms with E-state index in [1.54, 1.807) is 48.5 Å². The summed E-state index contributed by atoms with van der Waals surface area (Å²) in [6, 6.07) is 13.6. The van der Waals surface area contributed by atoms with Crippen molar-refractivity contribution in [2.45, 2.75) is 24.1 Å². The van der Waals surface area contributed by atoms with Crippen LogP contribution in [0.5, 0.6) is 0 Å². The van der Waals surface area contributed by atoms with E-state index in [-0.39, 0.29) is 18.5 Å². The second-order valence-corrected chi connectivity index (χ2v) is 8.06. The van der Waals surface area contributed by atoms with E-state index < -0.39 is 17.7 Å². The minimum atomic E-state index is -1.72. The van der Waals surface area contributed by atoms with Crippen molar-refractivity contribution in [3.05, 3.63) is 80.1 Å². The molecule has 28 heavy (non-hydrogen) atoms. The number of nitrogens with one attached hydrogen (secondary N) is 2. The average Bonchev–Trinajstić information content (AvgIpc) is 2.67. The Hall–Kier alpha value is -1.92. The predicted molar refractivity (Wildman–Crippen MR) is 110 cm³/mol. The number of piperidine rings is 1. The van der Waals surface area contributed by atoms with Gasteiger partial charge >= 0.3 is 0 Å². The highest BCUT2D eigenvalue weighted by Crippen LogP contribution is 2.41. The zero-order chi connectivity index (χ0) is 19.9. The molecule has 4 nitrogen and oxygen atoms in total. The van der Waals surface area contributed by atoms with Crippen molar-refractivity contribution < 1.29 is 9.50 Å². The monoisotopic (exact) mass is 420 g/mol. The predicted octanol–water partition coefficient (Wildman–Crippen LogP) is 4.03. The van der Waals surface area contributed by atoms with Crippen molar-refractivity contribution in [3.8, 4) is 0 Å². The van der Waals surface area contributed by atoms with Gasteiger partial charge in [-0.1, -0.05) is 35.3 Å². The lowest BCUT2D eigenvalue weighted by Crippen LogP contribution is -2.56. The Morgan fingerprint density at radius 1 is 1.11 bits per heavy atom. The number of hydrogen-bond donors (Lipinski definition) is 3. The number of halogens is 3. The fourth-order valence-electron chi connectivity index (χ4n) is 3.98. The molecule has 3 atom stereocenters. The van der Waals surface area contributed by atoms with Gasteiger partial charge in [-0.05, 0) is 60.3 Å². The summed E-state index contributed by atoms with van der Waals surface area (Å²) in [6.07, 6.45) is -1.36. The van der Waals surface area contributed by atoms with Crippen molar-refractivity contribution in [3.63, 3.8) is 0 Å². The summed E-state index contributed by atoms with van der Waals surface area (Å²) >= 11 is 12.1. The maximum Gasteiger partial charge on any atom is 0.252 e. The number of benzene rings is 2. The average molecular weight is 421 g/mol. The minimum absolute atomic E-state index is 0.0257. The highest BCUT2D eigenvalue weighted by molar-refractivity contribution is 6.31. The summed E-state index contributed by atoms with van der Waals surface area (Å²) < 4.78 is 15.0. The van der Waals surface area contributed by atoms with Crippen LogP contribution >= 0.6 is 23.2 Å². The maximum atomic E-state index is 15.0. The third-order valence-electron chi connectivity index (χ3n) is 5.42. The van der Waals surface area contributed by atoms with Crippen molar-refractivity contribution in [2.24, 2.45) is 0 Å². The molecule has 0 radical (unpaired) electrons. The largest absolute Gasteiger partial charge is 0.386 e. The molecular weight excluding hydrogens is 402 g/mol. The van der Waals surface area contributed by atoms with E-state index in [1.807, 2.05) is 0 Å². The fraction of sp³-hybridized carbons (Fsp3) is 0.286. The molecule has 1 aliphatic heterocycles. The first-order valence-corrected chi connectivity index (χ1v) is 9.79. The Balaban J connectivity index is 1.95. The molecule has 1 aliphatic rings. The molecule has 0 spiro atoms. The molecule has 0 bridgehead atoms. The zero-order valence-corrected chi connectivity index (χ0v) is 16.4. The number of hydrogen-bond acceptors (Lipinski definition) is 3. The molecule has 4 rings (SSSR count). The molecule has 1 saturated heterocycles. The molecule has 0 saturated carbocycles. The Bertz CT molecular complexity index is 1070. The van der Waals surface area contributed by atoms with Crippen LogP contribution in [0.25, 0.3) is 10.9 Å². The Morgan fingerprint density at radius 3 is 2.54 bits per heavy atom.